The summed E-state index contributed by atoms with van der Waals surface area (Å²) in [4.78, 5) is 12.8. The van der Waals surface area contributed by atoms with E-state index in [1.165, 1.54) is 77.0 Å². The van der Waals surface area contributed by atoms with Crippen molar-refractivity contribution in [1.29, 1.82) is 0 Å². The predicted octanol–water partition coefficient (Wildman–Crippen LogP) is 14.3. The van der Waals surface area contributed by atoms with Crippen LogP contribution in [0.1, 0.15) is 177 Å². The number of hydrogen-bond donors (Lipinski definition) is 0. The molecular formula is C48H78O2. The summed E-state index contributed by atoms with van der Waals surface area (Å²) >= 11 is 0. The highest BCUT2D eigenvalue weighted by Crippen LogP contribution is 2.67. The zero-order chi connectivity index (χ0) is 36.0. The van der Waals surface area contributed by atoms with Crippen molar-refractivity contribution in [2.75, 3.05) is 0 Å². The third kappa shape index (κ3) is 10.9. The molecule has 4 aliphatic rings. The van der Waals surface area contributed by atoms with Crippen LogP contribution in [-0.2, 0) is 9.53 Å². The maximum atomic E-state index is 12.8. The number of fused-ring (bicyclic) bond motifs is 5. The Morgan fingerprint density at radius 1 is 0.820 bits per heavy atom. The first-order valence-corrected chi connectivity index (χ1v) is 21.7. The van der Waals surface area contributed by atoms with E-state index in [0.29, 0.717) is 29.1 Å². The molecule has 0 N–H and O–H groups in total. The van der Waals surface area contributed by atoms with Crippen molar-refractivity contribution in [3.8, 4) is 0 Å². The van der Waals surface area contributed by atoms with E-state index in [1.807, 2.05) is 0 Å². The lowest BCUT2D eigenvalue weighted by Gasteiger charge is -2.58. The summed E-state index contributed by atoms with van der Waals surface area (Å²) in [5.41, 5.74) is 2.42. The van der Waals surface area contributed by atoms with E-state index >= 15 is 0 Å². The monoisotopic (exact) mass is 687 g/mol. The van der Waals surface area contributed by atoms with Crippen LogP contribution in [0.15, 0.2) is 60.3 Å². The van der Waals surface area contributed by atoms with Gasteiger partial charge in [0.15, 0.2) is 0 Å². The Kier molecular flexibility index (Phi) is 16.7. The molecule has 2 heteroatoms. The van der Waals surface area contributed by atoms with Gasteiger partial charge in [-0.05, 0) is 142 Å². The van der Waals surface area contributed by atoms with Gasteiger partial charge in [0.25, 0.3) is 0 Å². The van der Waals surface area contributed by atoms with Crippen molar-refractivity contribution in [3.63, 3.8) is 0 Å². The highest BCUT2D eigenvalue weighted by molar-refractivity contribution is 5.69. The number of ether oxygens (including phenoxy) is 1. The van der Waals surface area contributed by atoms with Crippen molar-refractivity contribution in [1.82, 2.24) is 0 Å². The van der Waals surface area contributed by atoms with Gasteiger partial charge in [-0.25, -0.2) is 0 Å². The normalized spacial score (nSPS) is 32.5. The van der Waals surface area contributed by atoms with Gasteiger partial charge in [0, 0.05) is 12.8 Å². The quantitative estimate of drug-likeness (QED) is 0.0724. The second-order valence-corrected chi connectivity index (χ2v) is 17.9. The summed E-state index contributed by atoms with van der Waals surface area (Å²) in [7, 11) is 0. The fourth-order valence-corrected chi connectivity index (χ4v) is 11.2. The maximum Gasteiger partial charge on any atom is 0.306 e. The first-order valence-electron chi connectivity index (χ1n) is 21.7. The number of carbonyl (C=O) groups excluding carboxylic acids is 1. The summed E-state index contributed by atoms with van der Waals surface area (Å²) in [5.74, 6) is 5.50. The molecule has 50 heavy (non-hydrogen) atoms. The molecule has 0 aromatic carbocycles. The molecule has 0 amide bonds. The molecule has 2 nitrogen and oxygen atoms in total. The Hall–Kier alpha value is -1.83. The van der Waals surface area contributed by atoms with Gasteiger partial charge in [-0.3, -0.25) is 4.79 Å². The molecule has 0 aromatic rings. The average Bonchev–Trinajstić information content (AvgIpc) is 3.45. The zero-order valence-corrected chi connectivity index (χ0v) is 33.8. The minimum Gasteiger partial charge on any atom is -0.462 e. The molecule has 0 spiro atoms. The Morgan fingerprint density at radius 3 is 2.24 bits per heavy atom. The number of carbonyl (C=O) groups is 1. The molecule has 0 saturated heterocycles. The van der Waals surface area contributed by atoms with Crippen LogP contribution in [0.2, 0.25) is 0 Å². The number of unbranched alkanes of at least 4 members (excludes halogenated alkanes) is 6. The molecular weight excluding hydrogens is 609 g/mol. The molecule has 0 aliphatic heterocycles. The topological polar surface area (TPSA) is 26.3 Å². The van der Waals surface area contributed by atoms with E-state index < -0.39 is 0 Å². The number of allylic oxidation sites excluding steroid dienone is 9. The van der Waals surface area contributed by atoms with Gasteiger partial charge in [-0.15, -0.1) is 0 Å². The lowest BCUT2D eigenvalue weighted by atomic mass is 9.47. The minimum absolute atomic E-state index is 0.0423. The highest BCUT2D eigenvalue weighted by atomic mass is 16.5. The van der Waals surface area contributed by atoms with Crippen LogP contribution in [0.3, 0.4) is 0 Å². The Balaban J connectivity index is 1.14. The summed E-state index contributed by atoms with van der Waals surface area (Å²) in [6.45, 7) is 17.1. The van der Waals surface area contributed by atoms with Crippen LogP contribution in [-0.4, -0.2) is 12.1 Å². The number of esters is 1. The third-order valence-corrected chi connectivity index (χ3v) is 14.3. The Bertz CT molecular complexity index is 1170. The molecule has 3 saturated carbocycles. The molecule has 4 rings (SSSR count). The van der Waals surface area contributed by atoms with Crippen molar-refractivity contribution < 1.29 is 9.53 Å². The van der Waals surface area contributed by atoms with Crippen LogP contribution in [0, 0.1) is 52.3 Å². The maximum absolute atomic E-state index is 12.8. The summed E-state index contributed by atoms with van der Waals surface area (Å²) < 4.78 is 6.13. The molecule has 4 aliphatic carbocycles. The van der Waals surface area contributed by atoms with E-state index in [2.05, 4.69) is 103 Å². The second kappa shape index (κ2) is 20.4. The van der Waals surface area contributed by atoms with Gasteiger partial charge in [-0.1, -0.05) is 134 Å². The van der Waals surface area contributed by atoms with E-state index in [1.54, 1.807) is 5.57 Å². The molecule has 9 unspecified atom stereocenters. The molecule has 9 atom stereocenters. The van der Waals surface area contributed by atoms with Crippen molar-refractivity contribution >= 4 is 5.97 Å². The van der Waals surface area contributed by atoms with Gasteiger partial charge in [-0.2, -0.15) is 0 Å². The second-order valence-electron chi connectivity index (χ2n) is 17.9. The number of rotatable bonds is 20. The molecule has 282 valence electrons. The lowest BCUT2D eigenvalue weighted by molar-refractivity contribution is -0.151. The molecule has 0 aromatic heterocycles. The molecule has 0 bridgehead atoms. The van der Waals surface area contributed by atoms with Crippen molar-refractivity contribution in [3.05, 3.63) is 60.3 Å². The van der Waals surface area contributed by atoms with E-state index in [-0.39, 0.29) is 12.1 Å². The lowest BCUT2D eigenvalue weighted by Crippen LogP contribution is -2.51. The van der Waals surface area contributed by atoms with Crippen LogP contribution >= 0.6 is 0 Å². The highest BCUT2D eigenvalue weighted by Gasteiger charge is 2.59. The summed E-state index contributed by atoms with van der Waals surface area (Å²) in [5, 5.41) is 0. The first kappa shape index (κ1) is 40.9. The Morgan fingerprint density at radius 2 is 1.52 bits per heavy atom. The van der Waals surface area contributed by atoms with Gasteiger partial charge >= 0.3 is 5.97 Å². The summed E-state index contributed by atoms with van der Waals surface area (Å²) in [6.07, 6.45) is 45.0. The van der Waals surface area contributed by atoms with E-state index in [0.717, 1.165) is 74.5 Å². The van der Waals surface area contributed by atoms with Gasteiger partial charge in [0.05, 0.1) is 0 Å². The summed E-state index contributed by atoms with van der Waals surface area (Å²) in [6, 6.07) is 0. The molecule has 0 radical (unpaired) electrons. The predicted molar refractivity (Wildman–Crippen MR) is 216 cm³/mol. The van der Waals surface area contributed by atoms with Crippen LogP contribution in [0.25, 0.3) is 0 Å². The first-order chi connectivity index (χ1) is 24.1. The SMILES string of the molecule is CC/C=C/C/C=C/C/C=C/CCCCCCCCC(=O)OC1CCC2(C)C(=CCC3C2CCC2(C)C(C(C)/C=C/C(CC)C(C)C)CCC32)C1. The number of hydrogen-bond acceptors (Lipinski definition) is 2. The van der Waals surface area contributed by atoms with E-state index in [4.69, 9.17) is 4.74 Å². The van der Waals surface area contributed by atoms with E-state index in [9.17, 15) is 4.79 Å². The van der Waals surface area contributed by atoms with Crippen molar-refractivity contribution in [2.45, 2.75) is 183 Å². The van der Waals surface area contributed by atoms with Gasteiger partial charge < -0.3 is 4.74 Å². The largest absolute Gasteiger partial charge is 0.462 e. The van der Waals surface area contributed by atoms with Crippen molar-refractivity contribution in [2.24, 2.45) is 52.3 Å². The molecule has 3 fully saturated rings. The molecule has 0 heterocycles. The fraction of sp³-hybridized carbons (Fsp3) is 0.771. The zero-order valence-electron chi connectivity index (χ0n) is 33.8. The average molecular weight is 687 g/mol. The fourth-order valence-electron chi connectivity index (χ4n) is 11.2. The third-order valence-electron chi connectivity index (χ3n) is 14.3. The van der Waals surface area contributed by atoms with Crippen LogP contribution < -0.4 is 0 Å². The van der Waals surface area contributed by atoms with Crippen LogP contribution in [0.4, 0.5) is 0 Å². The van der Waals surface area contributed by atoms with Crippen LogP contribution in [0.5, 0.6) is 0 Å². The standard InChI is InChI=1S/C48H78O2/c1-8-10-11-12-13-14-15-16-17-18-19-20-21-22-23-24-25-46(49)50-41-32-34-47(6)40(36-41)28-29-42-44-31-30-43(48(44,7)35-33-45(42)47)38(5)26-27-39(9-2)37(3)4/h10-11,13-14,16-17,26-28,37-39,41-45H,8-9,12,15,18-25,29-36H2,1-7H3/b11-10+,14-13+,17-16+,27-26+. The smallest absolute Gasteiger partial charge is 0.306 e. The minimum atomic E-state index is 0.0423. The van der Waals surface area contributed by atoms with Gasteiger partial charge in [0.2, 0.25) is 0 Å². The van der Waals surface area contributed by atoms with Gasteiger partial charge in [0.1, 0.15) is 6.10 Å². The Labute approximate surface area is 310 Å².